The van der Waals surface area contributed by atoms with Crippen molar-refractivity contribution in [1.82, 2.24) is 4.98 Å². The highest BCUT2D eigenvalue weighted by Crippen LogP contribution is 2.39. The number of aryl methyl sites for hydroxylation is 1. The monoisotopic (exact) mass is 475 g/mol. The van der Waals surface area contributed by atoms with Crippen LogP contribution < -0.4 is 15.0 Å². The number of thiazole rings is 1. The second kappa shape index (κ2) is 9.11. The van der Waals surface area contributed by atoms with Gasteiger partial charge in [0.2, 0.25) is 0 Å². The molecule has 0 aliphatic carbocycles. The molecule has 0 bridgehead atoms. The molecule has 0 spiro atoms. The Balaban J connectivity index is 1.61. The van der Waals surface area contributed by atoms with Gasteiger partial charge in [-0.15, -0.1) is 0 Å². The number of halogens is 1. The van der Waals surface area contributed by atoms with Gasteiger partial charge >= 0.3 is 0 Å². The molecule has 8 heteroatoms. The fourth-order valence-electron chi connectivity index (χ4n) is 3.34. The van der Waals surface area contributed by atoms with Gasteiger partial charge in [0, 0.05) is 24.0 Å². The van der Waals surface area contributed by atoms with Gasteiger partial charge in [-0.25, -0.2) is 4.98 Å². The number of nitrogens with zero attached hydrogens (tertiary/aromatic N) is 2. The fourth-order valence-corrected chi connectivity index (χ4v) is 4.82. The van der Waals surface area contributed by atoms with Crippen molar-refractivity contribution in [3.8, 4) is 5.75 Å². The maximum atomic E-state index is 12.7. The zero-order valence-corrected chi connectivity index (χ0v) is 18.5. The highest BCUT2D eigenvalue weighted by atomic mass is 79.9. The number of carbonyl (C=O) groups excluding carboxylic acids is 1. The molecule has 2 heterocycles. The smallest absolute Gasteiger partial charge is 0.257 e. The number of rotatable bonds is 6. The number of anilines is 2. The van der Waals surface area contributed by atoms with Crippen molar-refractivity contribution in [2.24, 2.45) is 0 Å². The second-order valence-corrected chi connectivity index (χ2v) is 8.47. The van der Waals surface area contributed by atoms with E-state index in [1.165, 1.54) is 16.9 Å². The summed E-state index contributed by atoms with van der Waals surface area (Å²) in [5.41, 5.74) is 3.67. The molecule has 2 aromatic carbocycles. The molecule has 1 aromatic heterocycles. The van der Waals surface area contributed by atoms with Crippen LogP contribution in [-0.4, -0.2) is 49.6 Å². The Hall–Kier alpha value is -2.16. The Kier molecular flexibility index (Phi) is 6.32. The number of morpholine rings is 1. The second-order valence-electron chi connectivity index (χ2n) is 6.67. The van der Waals surface area contributed by atoms with E-state index in [4.69, 9.17) is 9.47 Å². The van der Waals surface area contributed by atoms with E-state index in [0.717, 1.165) is 40.7 Å². The molecule has 29 heavy (non-hydrogen) atoms. The lowest BCUT2D eigenvalue weighted by atomic mass is 10.1. The van der Waals surface area contributed by atoms with Gasteiger partial charge in [0.1, 0.15) is 11.3 Å². The molecular formula is C21H22BrN3O3S. The maximum Gasteiger partial charge on any atom is 0.257 e. The predicted octanol–water partition coefficient (Wildman–Crippen LogP) is 4.33. The summed E-state index contributed by atoms with van der Waals surface area (Å²) in [4.78, 5) is 19.6. The fraction of sp³-hybridized carbons (Fsp3) is 0.333. The zero-order chi connectivity index (χ0) is 20.2. The number of carbonyl (C=O) groups is 1. The van der Waals surface area contributed by atoms with Crippen molar-refractivity contribution in [2.75, 3.05) is 49.0 Å². The number of hydrogen-bond donors (Lipinski definition) is 1. The SMILES string of the molecule is COc1ccc(N2CCOCC2)c2sc(NC(=O)c3ccc(CCBr)cc3)nc12. The summed E-state index contributed by atoms with van der Waals surface area (Å²) in [6.07, 6.45) is 0.934. The van der Waals surface area contributed by atoms with Gasteiger partial charge in [-0.2, -0.15) is 0 Å². The first-order valence-corrected chi connectivity index (χ1v) is 11.4. The summed E-state index contributed by atoms with van der Waals surface area (Å²) < 4.78 is 12.0. The lowest BCUT2D eigenvalue weighted by Gasteiger charge is -2.29. The summed E-state index contributed by atoms with van der Waals surface area (Å²) in [5, 5.41) is 4.40. The van der Waals surface area contributed by atoms with Crippen molar-refractivity contribution in [3.05, 3.63) is 47.5 Å². The molecule has 0 atom stereocenters. The number of aromatic nitrogens is 1. The topological polar surface area (TPSA) is 63.7 Å². The molecule has 1 aliphatic heterocycles. The van der Waals surface area contributed by atoms with Crippen molar-refractivity contribution in [2.45, 2.75) is 6.42 Å². The summed E-state index contributed by atoms with van der Waals surface area (Å²) >= 11 is 4.90. The zero-order valence-electron chi connectivity index (χ0n) is 16.1. The minimum absolute atomic E-state index is 0.165. The van der Waals surface area contributed by atoms with Gasteiger partial charge in [0.15, 0.2) is 5.13 Å². The van der Waals surface area contributed by atoms with Crippen LogP contribution in [-0.2, 0) is 11.2 Å². The van der Waals surface area contributed by atoms with E-state index in [1.54, 1.807) is 7.11 Å². The van der Waals surface area contributed by atoms with Crippen LogP contribution in [0.15, 0.2) is 36.4 Å². The Morgan fingerprint density at radius 2 is 2.00 bits per heavy atom. The number of nitrogens with one attached hydrogen (secondary N) is 1. The Labute approximate surface area is 182 Å². The first kappa shape index (κ1) is 20.1. The van der Waals surface area contributed by atoms with Crippen LogP contribution in [0.25, 0.3) is 10.2 Å². The van der Waals surface area contributed by atoms with Crippen LogP contribution >= 0.6 is 27.3 Å². The molecule has 4 rings (SSSR count). The van der Waals surface area contributed by atoms with Crippen molar-refractivity contribution < 1.29 is 14.3 Å². The molecule has 6 nitrogen and oxygen atoms in total. The van der Waals surface area contributed by atoms with Gasteiger partial charge in [0.05, 0.1) is 30.7 Å². The van der Waals surface area contributed by atoms with Crippen LogP contribution in [0.1, 0.15) is 15.9 Å². The van der Waals surface area contributed by atoms with Gasteiger partial charge in [0.25, 0.3) is 5.91 Å². The first-order chi connectivity index (χ1) is 14.2. The number of amides is 1. The van der Waals surface area contributed by atoms with Crippen molar-refractivity contribution >= 4 is 54.2 Å². The summed E-state index contributed by atoms with van der Waals surface area (Å²) in [7, 11) is 1.63. The third-order valence-electron chi connectivity index (χ3n) is 4.88. The maximum absolute atomic E-state index is 12.7. The van der Waals surface area contributed by atoms with E-state index in [-0.39, 0.29) is 5.91 Å². The molecule has 0 radical (unpaired) electrons. The van der Waals surface area contributed by atoms with Crippen LogP contribution in [0, 0.1) is 0 Å². The number of methoxy groups -OCH3 is 1. The third kappa shape index (κ3) is 4.39. The average Bonchev–Trinajstić information content (AvgIpc) is 3.18. The van der Waals surface area contributed by atoms with Crippen LogP contribution in [0.3, 0.4) is 0 Å². The molecular weight excluding hydrogens is 454 g/mol. The van der Waals surface area contributed by atoms with Crippen LogP contribution in [0.2, 0.25) is 0 Å². The molecule has 0 unspecified atom stereocenters. The van der Waals surface area contributed by atoms with Gasteiger partial charge in [-0.05, 0) is 36.2 Å². The Morgan fingerprint density at radius 3 is 2.69 bits per heavy atom. The summed E-state index contributed by atoms with van der Waals surface area (Å²) in [5.74, 6) is 0.536. The lowest BCUT2D eigenvalue weighted by Crippen LogP contribution is -2.36. The molecule has 1 amide bonds. The quantitative estimate of drug-likeness (QED) is 0.537. The normalized spacial score (nSPS) is 14.2. The third-order valence-corrected chi connectivity index (χ3v) is 6.27. The number of alkyl halides is 1. The molecule has 1 aliphatic rings. The first-order valence-electron chi connectivity index (χ1n) is 9.46. The predicted molar refractivity (Wildman–Crippen MR) is 121 cm³/mol. The summed E-state index contributed by atoms with van der Waals surface area (Å²) in [6.45, 7) is 3.09. The van der Waals surface area contributed by atoms with Crippen molar-refractivity contribution in [3.63, 3.8) is 0 Å². The molecule has 0 saturated carbocycles. The Morgan fingerprint density at radius 1 is 1.24 bits per heavy atom. The van der Waals surface area contributed by atoms with E-state index >= 15 is 0 Å². The lowest BCUT2D eigenvalue weighted by molar-refractivity contribution is 0.102. The highest BCUT2D eigenvalue weighted by Gasteiger charge is 2.20. The van der Waals surface area contributed by atoms with E-state index in [2.05, 4.69) is 37.2 Å². The molecule has 1 N–H and O–H groups in total. The number of benzene rings is 2. The van der Waals surface area contributed by atoms with E-state index < -0.39 is 0 Å². The average molecular weight is 476 g/mol. The molecule has 1 fully saturated rings. The number of fused-ring (bicyclic) bond motifs is 1. The largest absolute Gasteiger partial charge is 0.494 e. The van der Waals surface area contributed by atoms with Gasteiger partial charge < -0.3 is 14.4 Å². The van der Waals surface area contributed by atoms with E-state index in [0.29, 0.717) is 29.7 Å². The molecule has 1 saturated heterocycles. The molecule has 3 aromatic rings. The number of ether oxygens (including phenoxy) is 2. The summed E-state index contributed by atoms with van der Waals surface area (Å²) in [6, 6.07) is 11.6. The van der Waals surface area contributed by atoms with E-state index in [9.17, 15) is 4.79 Å². The van der Waals surface area contributed by atoms with Gasteiger partial charge in [-0.3, -0.25) is 10.1 Å². The Bertz CT molecular complexity index is 1000. The minimum Gasteiger partial charge on any atom is -0.494 e. The van der Waals surface area contributed by atoms with Crippen LogP contribution in [0.4, 0.5) is 10.8 Å². The molecule has 152 valence electrons. The van der Waals surface area contributed by atoms with Crippen molar-refractivity contribution in [1.29, 1.82) is 0 Å². The highest BCUT2D eigenvalue weighted by molar-refractivity contribution is 9.09. The minimum atomic E-state index is -0.165. The van der Waals surface area contributed by atoms with Gasteiger partial charge in [-0.1, -0.05) is 39.4 Å². The number of hydrogen-bond acceptors (Lipinski definition) is 6. The van der Waals surface area contributed by atoms with Crippen LogP contribution in [0.5, 0.6) is 5.75 Å². The van der Waals surface area contributed by atoms with E-state index in [1.807, 2.05) is 30.3 Å². The standard InChI is InChI=1S/C21H22BrN3O3S/c1-27-17-7-6-16(25-10-12-28-13-11-25)19-18(17)23-21(29-19)24-20(26)15-4-2-14(3-5-15)8-9-22/h2-7H,8-13H2,1H3,(H,23,24,26).